The summed E-state index contributed by atoms with van der Waals surface area (Å²) in [5, 5.41) is 10.3. The van der Waals surface area contributed by atoms with Gasteiger partial charge in [-0.05, 0) is 41.8 Å². The van der Waals surface area contributed by atoms with Crippen LogP contribution in [0.25, 0.3) is 11.1 Å². The highest BCUT2D eigenvalue weighted by Crippen LogP contribution is 2.38. The molecule has 0 spiro atoms. The highest BCUT2D eigenvalue weighted by atomic mass is 35.5. The molecule has 1 aliphatic rings. The lowest BCUT2D eigenvalue weighted by molar-refractivity contribution is 0.0621. The Morgan fingerprint density at radius 1 is 1.12 bits per heavy atom. The first-order chi connectivity index (χ1) is 16.5. The fraction of sp³-hybridized carbons (Fsp3) is 0.185. The van der Waals surface area contributed by atoms with Crippen molar-refractivity contribution in [1.29, 1.82) is 5.26 Å². The molecule has 34 heavy (non-hydrogen) atoms. The molecule has 1 aliphatic heterocycles. The van der Waals surface area contributed by atoms with Gasteiger partial charge in [-0.2, -0.15) is 5.26 Å². The van der Waals surface area contributed by atoms with Crippen molar-refractivity contribution in [3.05, 3.63) is 100 Å². The Morgan fingerprint density at radius 3 is 2.65 bits per heavy atom. The van der Waals surface area contributed by atoms with Gasteiger partial charge in [0, 0.05) is 24.2 Å². The van der Waals surface area contributed by atoms with Crippen LogP contribution in [0.5, 0.6) is 11.5 Å². The molecule has 0 aliphatic carbocycles. The largest absolute Gasteiger partial charge is 0.454 e. The van der Waals surface area contributed by atoms with Crippen LogP contribution in [0.1, 0.15) is 34.1 Å². The van der Waals surface area contributed by atoms with Crippen molar-refractivity contribution in [2.45, 2.75) is 19.6 Å². The first kappa shape index (κ1) is 22.0. The van der Waals surface area contributed by atoms with Crippen molar-refractivity contribution in [2.75, 3.05) is 6.79 Å². The van der Waals surface area contributed by atoms with Crippen LogP contribution in [-0.4, -0.2) is 16.3 Å². The monoisotopic (exact) mass is 471 g/mol. The van der Waals surface area contributed by atoms with Gasteiger partial charge in [0.15, 0.2) is 11.5 Å². The Balaban J connectivity index is 1.54. The van der Waals surface area contributed by atoms with Crippen molar-refractivity contribution in [1.82, 2.24) is 9.55 Å². The van der Waals surface area contributed by atoms with Crippen LogP contribution in [0.3, 0.4) is 0 Å². The predicted molar refractivity (Wildman–Crippen MR) is 129 cm³/mol. The van der Waals surface area contributed by atoms with Gasteiger partial charge in [0.2, 0.25) is 6.79 Å². The molecular formula is C27H22ClN3O3. The van der Waals surface area contributed by atoms with E-state index in [-0.39, 0.29) is 13.4 Å². The summed E-state index contributed by atoms with van der Waals surface area (Å²) >= 11 is 6.49. The van der Waals surface area contributed by atoms with Crippen LogP contribution >= 0.6 is 11.6 Å². The van der Waals surface area contributed by atoms with Gasteiger partial charge >= 0.3 is 0 Å². The number of rotatable bonds is 6. The zero-order chi connectivity index (χ0) is 23.7. The number of nitriles is 1. The molecule has 0 radical (unpaired) electrons. The van der Waals surface area contributed by atoms with Crippen LogP contribution in [0, 0.1) is 18.3 Å². The molecule has 5 rings (SSSR count). The molecule has 1 unspecified atom stereocenters. The molecule has 4 aromatic rings. The van der Waals surface area contributed by atoms with Crippen molar-refractivity contribution >= 4 is 11.6 Å². The van der Waals surface area contributed by atoms with Gasteiger partial charge in [-0.15, -0.1) is 0 Å². The highest BCUT2D eigenvalue weighted by Gasteiger charge is 2.22. The quantitative estimate of drug-likeness (QED) is 0.347. The summed E-state index contributed by atoms with van der Waals surface area (Å²) < 4.78 is 19.3. The van der Waals surface area contributed by atoms with E-state index in [4.69, 9.17) is 25.8 Å². The number of aryl methyl sites for hydroxylation is 2. The summed E-state index contributed by atoms with van der Waals surface area (Å²) in [5.41, 5.74) is 6.20. The second-order valence-electron chi connectivity index (χ2n) is 8.15. The predicted octanol–water partition coefficient (Wildman–Crippen LogP) is 5.96. The minimum absolute atomic E-state index is 0.181. The topological polar surface area (TPSA) is 69.3 Å². The summed E-state index contributed by atoms with van der Waals surface area (Å²) in [6.45, 7) is 2.48. The molecule has 0 saturated heterocycles. The fourth-order valence-electron chi connectivity index (χ4n) is 4.14. The lowest BCUT2D eigenvalue weighted by Gasteiger charge is -2.21. The second kappa shape index (κ2) is 9.22. The van der Waals surface area contributed by atoms with Crippen molar-refractivity contribution in [2.24, 2.45) is 7.05 Å². The van der Waals surface area contributed by atoms with Crippen LogP contribution in [0.2, 0.25) is 5.02 Å². The number of aromatic nitrogens is 2. The zero-order valence-electron chi connectivity index (χ0n) is 18.8. The molecule has 0 amide bonds. The minimum Gasteiger partial charge on any atom is -0.454 e. The van der Waals surface area contributed by atoms with Crippen molar-refractivity contribution in [3.63, 3.8) is 0 Å². The third-order valence-electron chi connectivity index (χ3n) is 5.97. The molecule has 0 N–H and O–H groups in total. The first-order valence-electron chi connectivity index (χ1n) is 10.8. The van der Waals surface area contributed by atoms with Crippen LogP contribution in [0.4, 0.5) is 0 Å². The SMILES string of the molecule is Cc1ccccc1-c1cc(C(OCc2cc3c(cc2Cl)OCO3)c2cncn2C)ccc1C#N. The normalized spacial score (nSPS) is 13.0. The minimum atomic E-state index is -0.426. The maximum Gasteiger partial charge on any atom is 0.231 e. The molecule has 3 aromatic carbocycles. The van der Waals surface area contributed by atoms with E-state index in [1.54, 1.807) is 18.6 Å². The standard InChI is InChI=1S/C27H22ClN3O3/c1-17-5-3-4-6-21(17)22-9-18(7-8-19(22)12-29)27(24-13-30-15-31(24)2)32-14-20-10-25-26(11-23(20)28)34-16-33-25/h3-11,13,15,27H,14,16H2,1-2H3. The van der Waals surface area contributed by atoms with E-state index in [0.29, 0.717) is 22.1 Å². The number of hydrogen-bond donors (Lipinski definition) is 0. The van der Waals surface area contributed by atoms with Crippen LogP contribution in [-0.2, 0) is 18.4 Å². The van der Waals surface area contributed by atoms with E-state index in [1.807, 2.05) is 67.1 Å². The number of nitrogens with zero attached hydrogens (tertiary/aromatic N) is 3. The van der Waals surface area contributed by atoms with Gasteiger partial charge in [-0.25, -0.2) is 4.98 Å². The van der Waals surface area contributed by atoms with Gasteiger partial charge < -0.3 is 18.8 Å². The average Bonchev–Trinajstić information content (AvgIpc) is 3.48. The first-order valence-corrected chi connectivity index (χ1v) is 11.2. The summed E-state index contributed by atoms with van der Waals surface area (Å²) in [5.74, 6) is 1.28. The molecule has 0 saturated carbocycles. The molecular weight excluding hydrogens is 450 g/mol. The molecule has 1 aromatic heterocycles. The molecule has 2 heterocycles. The Bertz CT molecular complexity index is 1410. The second-order valence-corrected chi connectivity index (χ2v) is 8.56. The zero-order valence-corrected chi connectivity index (χ0v) is 19.5. The Kier molecular flexibility index (Phi) is 5.97. The van der Waals surface area contributed by atoms with E-state index in [0.717, 1.165) is 33.5 Å². The number of hydrogen-bond acceptors (Lipinski definition) is 5. The number of benzene rings is 3. The number of imidazole rings is 1. The van der Waals surface area contributed by atoms with E-state index in [1.165, 1.54) is 0 Å². The van der Waals surface area contributed by atoms with Crippen LogP contribution in [0.15, 0.2) is 67.1 Å². The Hall–Kier alpha value is -3.79. The molecule has 170 valence electrons. The van der Waals surface area contributed by atoms with Gasteiger partial charge in [0.05, 0.1) is 41.5 Å². The van der Waals surface area contributed by atoms with Crippen molar-refractivity contribution in [3.8, 4) is 28.7 Å². The van der Waals surface area contributed by atoms with Crippen LogP contribution < -0.4 is 9.47 Å². The lowest BCUT2D eigenvalue weighted by atomic mass is 9.93. The molecule has 6 nitrogen and oxygen atoms in total. The van der Waals surface area contributed by atoms with E-state index < -0.39 is 6.10 Å². The maximum absolute atomic E-state index is 9.76. The summed E-state index contributed by atoms with van der Waals surface area (Å²) in [4.78, 5) is 4.28. The lowest BCUT2D eigenvalue weighted by Crippen LogP contribution is -2.11. The average molecular weight is 472 g/mol. The van der Waals surface area contributed by atoms with Gasteiger partial charge in [0.1, 0.15) is 6.10 Å². The maximum atomic E-state index is 9.76. The number of fused-ring (bicyclic) bond motifs is 1. The number of ether oxygens (including phenoxy) is 3. The fourth-order valence-corrected chi connectivity index (χ4v) is 4.34. The van der Waals surface area contributed by atoms with E-state index in [2.05, 4.69) is 11.1 Å². The summed E-state index contributed by atoms with van der Waals surface area (Å²) in [6.07, 6.45) is 3.10. The third kappa shape index (κ3) is 4.12. The molecule has 0 fully saturated rings. The van der Waals surface area contributed by atoms with Gasteiger partial charge in [-0.3, -0.25) is 0 Å². The summed E-state index contributed by atoms with van der Waals surface area (Å²) in [6, 6.07) is 19.8. The number of halogens is 1. The third-order valence-corrected chi connectivity index (χ3v) is 6.32. The van der Waals surface area contributed by atoms with E-state index >= 15 is 0 Å². The molecule has 0 bridgehead atoms. The molecule has 7 heteroatoms. The summed E-state index contributed by atoms with van der Waals surface area (Å²) in [7, 11) is 1.93. The Morgan fingerprint density at radius 2 is 1.91 bits per heavy atom. The smallest absolute Gasteiger partial charge is 0.231 e. The van der Waals surface area contributed by atoms with Gasteiger partial charge in [0.25, 0.3) is 0 Å². The molecule has 1 atom stereocenters. The van der Waals surface area contributed by atoms with Gasteiger partial charge in [-0.1, -0.05) is 41.9 Å². The van der Waals surface area contributed by atoms with E-state index in [9.17, 15) is 5.26 Å². The highest BCUT2D eigenvalue weighted by molar-refractivity contribution is 6.31. The van der Waals surface area contributed by atoms with Crippen molar-refractivity contribution < 1.29 is 14.2 Å². The Labute approximate surface area is 202 Å².